The number of rotatable bonds is 4. The number of hydrogen-bond acceptors (Lipinski definition) is 3. The summed E-state index contributed by atoms with van der Waals surface area (Å²) in [6.45, 7) is 1.05. The van der Waals surface area contributed by atoms with E-state index in [0.29, 0.717) is 5.15 Å². The van der Waals surface area contributed by atoms with Gasteiger partial charge in [0.05, 0.1) is 5.52 Å². The van der Waals surface area contributed by atoms with Gasteiger partial charge in [0.2, 0.25) is 0 Å². The Labute approximate surface area is 155 Å². The minimum atomic E-state index is -0.0202. The standard InChI is InChI=1S/C20H18ClN5/c21-18-10-16(19-22-7-8-26(19)24-18)20(5-6-20)15-4-3-14-12-25(11-13-1-2-13)23-17(14)9-15/h3-4,7-10,12-13H,1-2,5-6,11H2. The van der Waals surface area contributed by atoms with E-state index in [1.54, 1.807) is 10.7 Å². The SMILES string of the molecule is Clc1cc(C2(c3ccc4cn(CC5CC5)nc4c3)CC2)c2nccn2n1. The highest BCUT2D eigenvalue weighted by molar-refractivity contribution is 6.29. The maximum Gasteiger partial charge on any atom is 0.157 e. The van der Waals surface area contributed by atoms with Gasteiger partial charge < -0.3 is 0 Å². The highest BCUT2D eigenvalue weighted by Crippen LogP contribution is 2.55. The van der Waals surface area contributed by atoms with Gasteiger partial charge in [-0.15, -0.1) is 0 Å². The summed E-state index contributed by atoms with van der Waals surface area (Å²) in [5.74, 6) is 0.825. The highest BCUT2D eigenvalue weighted by atomic mass is 35.5. The van der Waals surface area contributed by atoms with Crippen molar-refractivity contribution in [1.29, 1.82) is 0 Å². The summed E-state index contributed by atoms with van der Waals surface area (Å²) in [6.07, 6.45) is 10.7. The Bertz CT molecular complexity index is 1150. The van der Waals surface area contributed by atoms with Crippen LogP contribution in [0, 0.1) is 5.92 Å². The lowest BCUT2D eigenvalue weighted by molar-refractivity contribution is 0.568. The van der Waals surface area contributed by atoms with Crippen molar-refractivity contribution in [3.05, 3.63) is 59.1 Å². The summed E-state index contributed by atoms with van der Waals surface area (Å²) < 4.78 is 3.89. The molecule has 4 aromatic rings. The zero-order valence-electron chi connectivity index (χ0n) is 14.3. The Morgan fingerprint density at radius 1 is 1.15 bits per heavy atom. The summed E-state index contributed by atoms with van der Waals surface area (Å²) in [4.78, 5) is 4.52. The summed E-state index contributed by atoms with van der Waals surface area (Å²) in [7, 11) is 0. The van der Waals surface area contributed by atoms with Crippen molar-refractivity contribution in [2.75, 3.05) is 0 Å². The lowest BCUT2D eigenvalue weighted by Crippen LogP contribution is -2.12. The topological polar surface area (TPSA) is 48.0 Å². The maximum atomic E-state index is 6.28. The molecule has 2 saturated carbocycles. The highest BCUT2D eigenvalue weighted by Gasteiger charge is 2.48. The fraction of sp³-hybridized carbons (Fsp3) is 0.350. The smallest absolute Gasteiger partial charge is 0.157 e. The van der Waals surface area contributed by atoms with Gasteiger partial charge in [0.25, 0.3) is 0 Å². The second kappa shape index (κ2) is 5.07. The number of imidazole rings is 1. The molecule has 0 unspecified atom stereocenters. The molecular weight excluding hydrogens is 346 g/mol. The van der Waals surface area contributed by atoms with Crippen molar-refractivity contribution >= 4 is 28.2 Å². The Morgan fingerprint density at radius 3 is 2.85 bits per heavy atom. The molecule has 3 aromatic heterocycles. The lowest BCUT2D eigenvalue weighted by Gasteiger charge is -2.17. The molecule has 0 N–H and O–H groups in total. The van der Waals surface area contributed by atoms with Crippen molar-refractivity contribution in [2.45, 2.75) is 37.6 Å². The van der Waals surface area contributed by atoms with Crippen LogP contribution in [0.25, 0.3) is 16.6 Å². The first-order chi connectivity index (χ1) is 12.7. The molecule has 5 nitrogen and oxygen atoms in total. The third-order valence-electron chi connectivity index (χ3n) is 5.84. The summed E-state index contributed by atoms with van der Waals surface area (Å²) in [6, 6.07) is 8.67. The Hall–Kier alpha value is -2.40. The normalized spacial score (nSPS) is 18.7. The number of benzene rings is 1. The van der Waals surface area contributed by atoms with Crippen molar-refractivity contribution < 1.29 is 0 Å². The van der Waals surface area contributed by atoms with E-state index in [-0.39, 0.29) is 5.41 Å². The molecule has 6 rings (SSSR count). The molecule has 2 fully saturated rings. The molecule has 2 aliphatic carbocycles. The van der Waals surface area contributed by atoms with E-state index in [2.05, 4.69) is 39.2 Å². The van der Waals surface area contributed by atoms with Crippen molar-refractivity contribution in [3.8, 4) is 0 Å². The summed E-state index contributed by atoms with van der Waals surface area (Å²) in [5.41, 5.74) is 4.42. The molecule has 0 saturated heterocycles. The minimum absolute atomic E-state index is 0.0202. The van der Waals surface area contributed by atoms with E-state index in [0.717, 1.165) is 36.5 Å². The lowest BCUT2D eigenvalue weighted by atomic mass is 9.88. The van der Waals surface area contributed by atoms with Gasteiger partial charge in [-0.2, -0.15) is 10.2 Å². The fourth-order valence-electron chi connectivity index (χ4n) is 4.10. The number of fused-ring (bicyclic) bond motifs is 2. The Morgan fingerprint density at radius 2 is 2.04 bits per heavy atom. The van der Waals surface area contributed by atoms with E-state index in [1.807, 2.05) is 12.3 Å². The van der Waals surface area contributed by atoms with Gasteiger partial charge >= 0.3 is 0 Å². The van der Waals surface area contributed by atoms with Crippen LogP contribution < -0.4 is 0 Å². The first kappa shape index (κ1) is 14.7. The van der Waals surface area contributed by atoms with Gasteiger partial charge in [0, 0.05) is 41.5 Å². The molecule has 0 amide bonds. The summed E-state index contributed by atoms with van der Waals surface area (Å²) in [5, 5.41) is 10.9. The second-order valence-corrected chi connectivity index (χ2v) is 8.11. The zero-order valence-corrected chi connectivity index (χ0v) is 15.0. The number of nitrogens with zero attached hydrogens (tertiary/aromatic N) is 5. The third kappa shape index (κ3) is 2.20. The molecule has 6 heteroatoms. The molecular formula is C20H18ClN5. The van der Waals surface area contributed by atoms with Crippen molar-refractivity contribution in [1.82, 2.24) is 24.4 Å². The number of aromatic nitrogens is 5. The average molecular weight is 364 g/mol. The molecule has 2 aliphatic rings. The van der Waals surface area contributed by atoms with Gasteiger partial charge in [-0.3, -0.25) is 4.68 Å². The predicted molar refractivity (Wildman–Crippen MR) is 100 cm³/mol. The quantitative estimate of drug-likeness (QED) is 0.545. The maximum absolute atomic E-state index is 6.28. The molecule has 0 radical (unpaired) electrons. The number of halogens is 1. The monoisotopic (exact) mass is 363 g/mol. The van der Waals surface area contributed by atoms with Crippen LogP contribution in [0.5, 0.6) is 0 Å². The zero-order chi connectivity index (χ0) is 17.3. The molecule has 0 bridgehead atoms. The van der Waals surface area contributed by atoms with Crippen LogP contribution in [0.2, 0.25) is 5.15 Å². The van der Waals surface area contributed by atoms with Gasteiger partial charge in [0.15, 0.2) is 5.65 Å². The van der Waals surface area contributed by atoms with Crippen LogP contribution in [0.3, 0.4) is 0 Å². The second-order valence-electron chi connectivity index (χ2n) is 7.73. The van der Waals surface area contributed by atoms with E-state index >= 15 is 0 Å². The number of hydrogen-bond donors (Lipinski definition) is 0. The van der Waals surface area contributed by atoms with Gasteiger partial charge in [-0.05, 0) is 49.3 Å². The van der Waals surface area contributed by atoms with E-state index in [4.69, 9.17) is 16.7 Å². The van der Waals surface area contributed by atoms with Crippen LogP contribution in [0.15, 0.2) is 42.9 Å². The van der Waals surface area contributed by atoms with Crippen molar-refractivity contribution in [3.63, 3.8) is 0 Å². The first-order valence-electron chi connectivity index (χ1n) is 9.19. The molecule has 1 aromatic carbocycles. The summed E-state index contributed by atoms with van der Waals surface area (Å²) >= 11 is 6.28. The average Bonchev–Trinajstić information content (AvgIpc) is 3.52. The largest absolute Gasteiger partial charge is 0.271 e. The molecule has 0 atom stereocenters. The van der Waals surface area contributed by atoms with E-state index in [9.17, 15) is 0 Å². The molecule has 0 aliphatic heterocycles. The fourth-order valence-corrected chi connectivity index (χ4v) is 4.29. The van der Waals surface area contributed by atoms with Gasteiger partial charge in [0.1, 0.15) is 5.15 Å². The first-order valence-corrected chi connectivity index (χ1v) is 9.57. The third-order valence-corrected chi connectivity index (χ3v) is 6.03. The Balaban J connectivity index is 1.47. The minimum Gasteiger partial charge on any atom is -0.271 e. The molecule has 130 valence electrons. The Kier molecular flexibility index (Phi) is 2.87. The molecule has 3 heterocycles. The van der Waals surface area contributed by atoms with Crippen LogP contribution in [0.4, 0.5) is 0 Å². The van der Waals surface area contributed by atoms with Crippen LogP contribution >= 0.6 is 11.6 Å². The predicted octanol–water partition coefficient (Wildman–Crippen LogP) is 4.22. The van der Waals surface area contributed by atoms with Crippen LogP contribution in [0.1, 0.15) is 36.8 Å². The van der Waals surface area contributed by atoms with Crippen molar-refractivity contribution in [2.24, 2.45) is 5.92 Å². The van der Waals surface area contributed by atoms with Gasteiger partial charge in [-0.1, -0.05) is 23.7 Å². The van der Waals surface area contributed by atoms with Crippen LogP contribution in [-0.4, -0.2) is 24.4 Å². The van der Waals surface area contributed by atoms with E-state index < -0.39 is 0 Å². The molecule has 0 spiro atoms. The van der Waals surface area contributed by atoms with E-state index in [1.165, 1.54) is 29.4 Å². The molecule has 26 heavy (non-hydrogen) atoms. The van der Waals surface area contributed by atoms with Crippen LogP contribution in [-0.2, 0) is 12.0 Å². The van der Waals surface area contributed by atoms with Gasteiger partial charge in [-0.25, -0.2) is 9.50 Å².